The van der Waals surface area contributed by atoms with Gasteiger partial charge in [-0.15, -0.1) is 0 Å². The molecule has 4 heteroatoms. The predicted molar refractivity (Wildman–Crippen MR) is 69.7 cm³/mol. The Kier molecular flexibility index (Phi) is 2.91. The summed E-state index contributed by atoms with van der Waals surface area (Å²) >= 11 is 3.35. The van der Waals surface area contributed by atoms with E-state index < -0.39 is 0 Å². The molecule has 2 amide bonds. The second-order valence-corrected chi connectivity index (χ2v) is 5.04. The number of carbonyl (C=O) groups excluding carboxylic acids is 2. The van der Waals surface area contributed by atoms with Crippen LogP contribution in [0.2, 0.25) is 0 Å². The van der Waals surface area contributed by atoms with Gasteiger partial charge in [-0.25, -0.2) is 4.90 Å². The maximum absolute atomic E-state index is 12.0. The van der Waals surface area contributed by atoms with Crippen LogP contribution < -0.4 is 4.90 Å². The number of carbonyl (C=O) groups is 2. The molecular formula is C13H12BrNO2. The van der Waals surface area contributed by atoms with Crippen LogP contribution in [-0.4, -0.2) is 11.8 Å². The molecule has 0 radical (unpaired) electrons. The van der Waals surface area contributed by atoms with E-state index in [9.17, 15) is 9.59 Å². The summed E-state index contributed by atoms with van der Waals surface area (Å²) < 4.78 is 0.848. The van der Waals surface area contributed by atoms with Gasteiger partial charge >= 0.3 is 0 Å². The predicted octanol–water partition coefficient (Wildman–Crippen LogP) is 2.97. The molecule has 1 heterocycles. The zero-order valence-corrected chi connectivity index (χ0v) is 11.5. The SMILES string of the molecule is CC1=C(C)C(=O)N(c2cc(Br)ccc2C)C1=O. The first-order valence-electron chi connectivity index (χ1n) is 5.26. The van der Waals surface area contributed by atoms with Crippen molar-refractivity contribution in [2.45, 2.75) is 20.8 Å². The topological polar surface area (TPSA) is 37.4 Å². The van der Waals surface area contributed by atoms with Gasteiger partial charge in [0.05, 0.1) is 5.69 Å². The fourth-order valence-electron chi connectivity index (χ4n) is 1.79. The third kappa shape index (κ3) is 1.82. The van der Waals surface area contributed by atoms with Gasteiger partial charge in [0.15, 0.2) is 0 Å². The first-order valence-corrected chi connectivity index (χ1v) is 6.05. The summed E-state index contributed by atoms with van der Waals surface area (Å²) in [5.74, 6) is -0.456. The Hall–Kier alpha value is -1.42. The van der Waals surface area contributed by atoms with Crippen LogP contribution in [0.4, 0.5) is 5.69 Å². The minimum absolute atomic E-state index is 0.228. The average molecular weight is 294 g/mol. The molecule has 1 aliphatic rings. The van der Waals surface area contributed by atoms with Gasteiger partial charge in [0.2, 0.25) is 0 Å². The van der Waals surface area contributed by atoms with Crippen LogP contribution in [0, 0.1) is 6.92 Å². The number of anilines is 1. The maximum Gasteiger partial charge on any atom is 0.261 e. The smallest absolute Gasteiger partial charge is 0.261 e. The van der Waals surface area contributed by atoms with Gasteiger partial charge in [-0.2, -0.15) is 0 Å². The van der Waals surface area contributed by atoms with E-state index in [-0.39, 0.29) is 11.8 Å². The zero-order valence-electron chi connectivity index (χ0n) is 9.87. The average Bonchev–Trinajstić information content (AvgIpc) is 2.48. The molecule has 0 atom stereocenters. The number of amides is 2. The molecule has 0 saturated carbocycles. The fourth-order valence-corrected chi connectivity index (χ4v) is 2.14. The summed E-state index contributed by atoms with van der Waals surface area (Å²) in [6.45, 7) is 5.25. The maximum atomic E-state index is 12.0. The van der Waals surface area contributed by atoms with E-state index in [2.05, 4.69) is 15.9 Å². The number of halogens is 1. The minimum atomic E-state index is -0.228. The molecule has 0 unspecified atom stereocenters. The lowest BCUT2D eigenvalue weighted by Crippen LogP contribution is -2.31. The summed E-state index contributed by atoms with van der Waals surface area (Å²) in [6.07, 6.45) is 0. The second kappa shape index (κ2) is 4.11. The molecule has 1 aromatic carbocycles. The highest BCUT2D eigenvalue weighted by Crippen LogP contribution is 2.31. The summed E-state index contributed by atoms with van der Waals surface area (Å²) in [4.78, 5) is 25.3. The van der Waals surface area contributed by atoms with Crippen LogP contribution in [0.5, 0.6) is 0 Å². The van der Waals surface area contributed by atoms with Crippen molar-refractivity contribution in [2.75, 3.05) is 4.90 Å². The monoisotopic (exact) mass is 293 g/mol. The van der Waals surface area contributed by atoms with Crippen molar-refractivity contribution in [3.63, 3.8) is 0 Å². The molecule has 88 valence electrons. The molecule has 1 aromatic rings. The van der Waals surface area contributed by atoms with E-state index in [0.717, 1.165) is 10.0 Å². The van der Waals surface area contributed by atoms with Gasteiger partial charge in [0.1, 0.15) is 0 Å². The summed E-state index contributed by atoms with van der Waals surface area (Å²) in [5.41, 5.74) is 2.59. The van der Waals surface area contributed by atoms with Crippen LogP contribution >= 0.6 is 15.9 Å². The van der Waals surface area contributed by atoms with Gasteiger partial charge in [-0.05, 0) is 38.5 Å². The minimum Gasteiger partial charge on any atom is -0.269 e. The van der Waals surface area contributed by atoms with Crippen molar-refractivity contribution in [3.8, 4) is 0 Å². The molecule has 0 saturated heterocycles. The van der Waals surface area contributed by atoms with Gasteiger partial charge in [-0.1, -0.05) is 22.0 Å². The Morgan fingerprint density at radius 1 is 1.00 bits per heavy atom. The number of aryl methyl sites for hydroxylation is 1. The van der Waals surface area contributed by atoms with Crippen LogP contribution in [0.15, 0.2) is 33.8 Å². The van der Waals surface area contributed by atoms with Crippen LogP contribution in [0.3, 0.4) is 0 Å². The van der Waals surface area contributed by atoms with Gasteiger partial charge in [0.25, 0.3) is 11.8 Å². The Bertz CT molecular complexity index is 537. The standard InChI is InChI=1S/C13H12BrNO2/c1-7-4-5-10(14)6-11(7)15-12(16)8(2)9(3)13(15)17/h4-6H,1-3H3. The van der Waals surface area contributed by atoms with Gasteiger partial charge in [-0.3, -0.25) is 9.59 Å². The van der Waals surface area contributed by atoms with E-state index in [0.29, 0.717) is 16.8 Å². The molecule has 0 aromatic heterocycles. The van der Waals surface area contributed by atoms with Crippen LogP contribution in [0.25, 0.3) is 0 Å². The molecule has 1 aliphatic heterocycles. The molecule has 0 bridgehead atoms. The van der Waals surface area contributed by atoms with E-state index >= 15 is 0 Å². The largest absolute Gasteiger partial charge is 0.269 e. The van der Waals surface area contributed by atoms with Gasteiger partial charge < -0.3 is 0 Å². The molecule has 0 N–H and O–H groups in total. The van der Waals surface area contributed by atoms with Crippen molar-refractivity contribution in [3.05, 3.63) is 39.4 Å². The van der Waals surface area contributed by atoms with Crippen molar-refractivity contribution >= 4 is 33.4 Å². The van der Waals surface area contributed by atoms with Crippen LogP contribution in [-0.2, 0) is 9.59 Å². The Balaban J connectivity index is 2.54. The van der Waals surface area contributed by atoms with Crippen molar-refractivity contribution in [1.29, 1.82) is 0 Å². The van der Waals surface area contributed by atoms with E-state index in [4.69, 9.17) is 0 Å². The number of hydrogen-bond donors (Lipinski definition) is 0. The first kappa shape index (κ1) is 12.0. The van der Waals surface area contributed by atoms with Gasteiger partial charge in [0, 0.05) is 15.6 Å². The van der Waals surface area contributed by atoms with E-state index in [1.54, 1.807) is 19.9 Å². The van der Waals surface area contributed by atoms with E-state index in [1.165, 1.54) is 4.90 Å². The molecule has 0 aliphatic carbocycles. The molecule has 17 heavy (non-hydrogen) atoms. The van der Waals surface area contributed by atoms with Crippen molar-refractivity contribution in [2.24, 2.45) is 0 Å². The lowest BCUT2D eigenvalue weighted by molar-refractivity contribution is -0.120. The molecule has 0 fully saturated rings. The summed E-state index contributed by atoms with van der Waals surface area (Å²) in [7, 11) is 0. The van der Waals surface area contributed by atoms with Crippen molar-refractivity contribution in [1.82, 2.24) is 0 Å². The number of nitrogens with zero attached hydrogens (tertiary/aromatic N) is 1. The lowest BCUT2D eigenvalue weighted by atomic mass is 10.2. The quantitative estimate of drug-likeness (QED) is 0.747. The highest BCUT2D eigenvalue weighted by Gasteiger charge is 2.35. The zero-order chi connectivity index (χ0) is 12.7. The first-order chi connectivity index (χ1) is 7.93. The fraction of sp³-hybridized carbons (Fsp3) is 0.231. The molecule has 2 rings (SSSR count). The summed E-state index contributed by atoms with van der Waals surface area (Å²) in [6, 6.07) is 5.55. The van der Waals surface area contributed by atoms with E-state index in [1.807, 2.05) is 19.1 Å². The number of hydrogen-bond acceptors (Lipinski definition) is 2. The van der Waals surface area contributed by atoms with Crippen molar-refractivity contribution < 1.29 is 9.59 Å². The highest BCUT2D eigenvalue weighted by atomic mass is 79.9. The normalized spacial score (nSPS) is 16.1. The Labute approximate surface area is 108 Å². The highest BCUT2D eigenvalue weighted by molar-refractivity contribution is 9.10. The Morgan fingerprint density at radius 3 is 2.06 bits per heavy atom. The number of rotatable bonds is 1. The number of imide groups is 1. The molecule has 3 nitrogen and oxygen atoms in total. The second-order valence-electron chi connectivity index (χ2n) is 4.13. The summed E-state index contributed by atoms with van der Waals surface area (Å²) in [5, 5.41) is 0. The number of benzene rings is 1. The third-order valence-electron chi connectivity index (χ3n) is 3.02. The third-order valence-corrected chi connectivity index (χ3v) is 3.52. The Morgan fingerprint density at radius 2 is 1.53 bits per heavy atom. The van der Waals surface area contributed by atoms with Crippen LogP contribution in [0.1, 0.15) is 19.4 Å². The molecule has 0 spiro atoms. The molecular weight excluding hydrogens is 282 g/mol. The lowest BCUT2D eigenvalue weighted by Gasteiger charge is -2.17.